The first-order chi connectivity index (χ1) is 38.9. The molecule has 0 aliphatic carbocycles. The van der Waals surface area contributed by atoms with Crippen molar-refractivity contribution >= 4 is 43.6 Å². The van der Waals surface area contributed by atoms with Gasteiger partial charge < -0.3 is 9.13 Å². The Hall–Kier alpha value is -10.2. The summed E-state index contributed by atoms with van der Waals surface area (Å²) in [5.41, 5.74) is 20.2. The quantitative estimate of drug-likeness (QED) is 0.130. The van der Waals surface area contributed by atoms with Gasteiger partial charge in [-0.1, -0.05) is 220 Å². The number of rotatable bonds is 11. The van der Waals surface area contributed by atoms with Crippen LogP contribution in [0.25, 0.3) is 122 Å². The van der Waals surface area contributed by atoms with Crippen molar-refractivity contribution in [2.45, 2.75) is 32.6 Å². The number of hydrogen-bond donors (Lipinski definition) is 0. The van der Waals surface area contributed by atoms with Crippen molar-refractivity contribution in [3.63, 3.8) is 0 Å². The van der Waals surface area contributed by atoms with Crippen molar-refractivity contribution in [1.29, 1.82) is 0 Å². The smallest absolute Gasteiger partial charge is 0.163 e. The van der Waals surface area contributed by atoms with Crippen LogP contribution in [0.3, 0.4) is 0 Å². The maximum Gasteiger partial charge on any atom is 0.163 e. The van der Waals surface area contributed by atoms with E-state index in [0.29, 0.717) is 11.6 Å². The second kappa shape index (κ2) is 19.8. The highest BCUT2D eigenvalue weighted by atomic mass is 15.0. The summed E-state index contributed by atoms with van der Waals surface area (Å²) in [7, 11) is 0. The minimum atomic E-state index is -0.211. The molecule has 0 spiro atoms. The molecule has 0 N–H and O–H groups in total. The summed E-state index contributed by atoms with van der Waals surface area (Å²) in [6.45, 7) is 6.93. The third kappa shape index (κ3) is 8.34. The Morgan fingerprint density at radius 3 is 1.52 bits per heavy atom. The molecule has 0 saturated heterocycles. The first kappa shape index (κ1) is 47.3. The lowest BCUT2D eigenvalue weighted by atomic mass is 9.80. The van der Waals surface area contributed by atoms with Gasteiger partial charge in [-0.3, -0.25) is 0 Å². The maximum atomic E-state index is 5.51. The van der Waals surface area contributed by atoms with Gasteiger partial charge in [0.2, 0.25) is 0 Å². The molecule has 14 aromatic rings. The zero-order valence-electron chi connectivity index (χ0n) is 44.1. The average Bonchev–Trinajstić information content (AvgIpc) is 3.90. The lowest BCUT2D eigenvalue weighted by Gasteiger charge is -2.28. The van der Waals surface area contributed by atoms with E-state index in [0.717, 1.165) is 72.6 Å². The molecule has 2 atom stereocenters. The van der Waals surface area contributed by atoms with E-state index in [2.05, 4.69) is 279 Å². The van der Waals surface area contributed by atoms with Gasteiger partial charge in [-0.25, -0.2) is 15.0 Å². The van der Waals surface area contributed by atoms with Gasteiger partial charge >= 0.3 is 0 Å². The van der Waals surface area contributed by atoms with E-state index in [4.69, 9.17) is 15.0 Å². The van der Waals surface area contributed by atoms with Gasteiger partial charge in [-0.2, -0.15) is 0 Å². The summed E-state index contributed by atoms with van der Waals surface area (Å²) < 4.78 is 5.02. The third-order valence-electron chi connectivity index (χ3n) is 16.0. The molecule has 11 aromatic carbocycles. The van der Waals surface area contributed by atoms with Crippen molar-refractivity contribution in [2.24, 2.45) is 0 Å². The Bertz CT molecular complexity index is 4520. The van der Waals surface area contributed by atoms with E-state index in [1.807, 2.05) is 18.2 Å². The SMILES string of the molecule is Cc1ccccc1-c1c(-n2c3ccccc3c3ccccc32)cc2c3ccccc3n(-c3cccc(-c4cc#ccc4)c3)c2c1C(C)C(C)c1nc(-c2ccccc2)nc(-c2ccc(-c3cccc(-c4ccccc4)c3)cc2)n1. The number of benzene rings is 10. The first-order valence-corrected chi connectivity index (χ1v) is 27.2. The number of fused-ring (bicyclic) bond motifs is 6. The molecular weight excluding hydrogens is 959 g/mol. The van der Waals surface area contributed by atoms with Gasteiger partial charge in [-0.15, -0.1) is 0 Å². The second-order valence-corrected chi connectivity index (χ2v) is 20.7. The highest BCUT2D eigenvalue weighted by molar-refractivity contribution is 6.15. The molecule has 5 heteroatoms. The van der Waals surface area contributed by atoms with Crippen LogP contribution in [0.5, 0.6) is 0 Å². The summed E-state index contributed by atoms with van der Waals surface area (Å²) in [5.74, 6) is 1.64. The summed E-state index contributed by atoms with van der Waals surface area (Å²) in [6, 6.07) is 97.5. The minimum Gasteiger partial charge on any atom is -0.309 e. The third-order valence-corrected chi connectivity index (χ3v) is 16.0. The molecule has 374 valence electrons. The number of hydrogen-bond acceptors (Lipinski definition) is 3. The van der Waals surface area contributed by atoms with Gasteiger partial charge in [0.1, 0.15) is 5.82 Å². The summed E-state index contributed by atoms with van der Waals surface area (Å²) in [4.78, 5) is 16.2. The molecule has 0 amide bonds. The van der Waals surface area contributed by atoms with E-state index >= 15 is 0 Å². The van der Waals surface area contributed by atoms with Crippen LogP contribution >= 0.6 is 0 Å². The largest absolute Gasteiger partial charge is 0.309 e. The molecule has 3 aromatic heterocycles. The molecule has 79 heavy (non-hydrogen) atoms. The molecule has 0 fully saturated rings. The van der Waals surface area contributed by atoms with Crippen LogP contribution in [0.1, 0.15) is 42.6 Å². The number of nitrogens with zero attached hydrogens (tertiary/aromatic N) is 5. The Morgan fingerprint density at radius 2 is 0.886 bits per heavy atom. The molecule has 0 saturated carbocycles. The summed E-state index contributed by atoms with van der Waals surface area (Å²) in [6.07, 6.45) is 0. The normalized spacial score (nSPS) is 12.3. The Morgan fingerprint density at radius 1 is 0.380 bits per heavy atom. The molecule has 14 rings (SSSR count). The van der Waals surface area contributed by atoms with E-state index in [9.17, 15) is 0 Å². The van der Waals surface area contributed by atoms with Crippen molar-refractivity contribution < 1.29 is 0 Å². The van der Waals surface area contributed by atoms with Crippen LogP contribution in [-0.2, 0) is 0 Å². The lowest BCUT2D eigenvalue weighted by molar-refractivity contribution is 0.590. The zero-order chi connectivity index (χ0) is 53.0. The molecule has 0 bridgehead atoms. The van der Waals surface area contributed by atoms with Crippen LogP contribution < -0.4 is 0 Å². The van der Waals surface area contributed by atoms with Gasteiger partial charge in [-0.05, 0) is 124 Å². The van der Waals surface area contributed by atoms with Gasteiger partial charge in [0, 0.05) is 49.8 Å². The van der Waals surface area contributed by atoms with Gasteiger partial charge in [0.15, 0.2) is 11.6 Å². The highest BCUT2D eigenvalue weighted by Crippen LogP contribution is 2.50. The van der Waals surface area contributed by atoms with Crippen molar-refractivity contribution in [3.8, 4) is 78.7 Å². The monoisotopic (exact) mass is 1010 g/mol. The Labute approximate surface area is 460 Å². The Balaban J connectivity index is 1.02. The fraction of sp³-hybridized carbons (Fsp3) is 0.0676. The zero-order valence-corrected chi connectivity index (χ0v) is 44.1. The fourth-order valence-corrected chi connectivity index (χ4v) is 11.9. The molecule has 0 aliphatic heterocycles. The molecule has 0 radical (unpaired) electrons. The predicted octanol–water partition coefficient (Wildman–Crippen LogP) is 18.9. The molecule has 5 nitrogen and oxygen atoms in total. The molecule has 3 heterocycles. The van der Waals surface area contributed by atoms with E-state index in [1.54, 1.807) is 0 Å². The molecular formula is C74H53N5. The fourth-order valence-electron chi connectivity index (χ4n) is 11.9. The first-order valence-electron chi connectivity index (χ1n) is 27.2. The van der Waals surface area contributed by atoms with Crippen LogP contribution in [0.2, 0.25) is 0 Å². The van der Waals surface area contributed by atoms with E-state index in [-0.39, 0.29) is 11.8 Å². The molecule has 0 aliphatic rings. The highest BCUT2D eigenvalue weighted by Gasteiger charge is 2.32. The second-order valence-electron chi connectivity index (χ2n) is 20.7. The summed E-state index contributed by atoms with van der Waals surface area (Å²) in [5, 5.41) is 4.77. The van der Waals surface area contributed by atoms with Gasteiger partial charge in [0.05, 0.1) is 27.8 Å². The maximum absolute atomic E-state index is 5.51. The number of aryl methyl sites for hydroxylation is 1. The van der Waals surface area contributed by atoms with E-state index in [1.165, 1.54) is 54.9 Å². The van der Waals surface area contributed by atoms with Crippen LogP contribution in [0.4, 0.5) is 0 Å². The standard InChI is InChI=1S/C74H53N5/c1-48-23-13-14-34-60(48)70-68(79-66-39-19-15-35-61(66)62-36-16-20-40-67(62)79)47-64-63-37-17-18-38-65(63)78(59-33-22-32-58(46-59)52-26-9-5-10-27-52)71(64)69(70)49(2)50(3)72-75-73(54-28-11-6-12-29-54)77-74(76-72)55-43-41-53(42-44-55)57-31-21-30-56(45-57)51-24-7-4-8-25-51/h4,6-9,11-47,49-50H,1-3H3. The topological polar surface area (TPSA) is 48.5 Å². The van der Waals surface area contributed by atoms with Gasteiger partial charge in [0.25, 0.3) is 0 Å². The number of para-hydroxylation sites is 3. The predicted molar refractivity (Wildman–Crippen MR) is 327 cm³/mol. The lowest BCUT2D eigenvalue weighted by Crippen LogP contribution is -2.15. The number of aromatic nitrogens is 5. The van der Waals surface area contributed by atoms with Crippen molar-refractivity contribution in [1.82, 2.24) is 24.1 Å². The van der Waals surface area contributed by atoms with Crippen LogP contribution in [0.15, 0.2) is 255 Å². The minimum absolute atomic E-state index is 0.159. The van der Waals surface area contributed by atoms with Crippen LogP contribution in [-0.4, -0.2) is 24.1 Å². The molecule has 2 unspecified atom stereocenters. The van der Waals surface area contributed by atoms with Crippen molar-refractivity contribution in [2.75, 3.05) is 0 Å². The Kier molecular flexibility index (Phi) is 11.8. The van der Waals surface area contributed by atoms with E-state index < -0.39 is 0 Å². The van der Waals surface area contributed by atoms with Crippen molar-refractivity contribution in [3.05, 3.63) is 284 Å². The summed E-state index contributed by atoms with van der Waals surface area (Å²) >= 11 is 0. The van der Waals surface area contributed by atoms with Crippen LogP contribution in [0, 0.1) is 19.1 Å². The average molecular weight is 1010 g/mol.